The quantitative estimate of drug-likeness (QED) is 0.872. The molecule has 2 rings (SSSR count). The van der Waals surface area contributed by atoms with Crippen LogP contribution in [-0.2, 0) is 0 Å². The molecule has 3 heteroatoms. The summed E-state index contributed by atoms with van der Waals surface area (Å²) in [6.45, 7) is 2.09. The van der Waals surface area contributed by atoms with Crippen LogP contribution in [0.5, 0.6) is 0 Å². The fraction of sp³-hybridized carbons (Fsp3) is 0.667. The number of aryl methyl sites for hydroxylation is 1. The van der Waals surface area contributed by atoms with E-state index in [1.165, 1.54) is 30.6 Å². The van der Waals surface area contributed by atoms with Gasteiger partial charge in [0.05, 0.1) is 9.89 Å². The number of aliphatic hydroxyl groups is 1. The van der Waals surface area contributed by atoms with Crippen molar-refractivity contribution in [2.24, 2.45) is 5.92 Å². The van der Waals surface area contributed by atoms with Gasteiger partial charge in [0.15, 0.2) is 0 Å². The molecule has 1 nitrogen and oxygen atoms in total. The van der Waals surface area contributed by atoms with E-state index in [2.05, 4.69) is 28.9 Å². The summed E-state index contributed by atoms with van der Waals surface area (Å²) in [5.41, 5.74) is 1.12. The van der Waals surface area contributed by atoms with Crippen LogP contribution >= 0.6 is 27.3 Å². The molecule has 1 N–H and O–H groups in total. The minimum Gasteiger partial charge on any atom is -0.388 e. The van der Waals surface area contributed by atoms with E-state index in [0.29, 0.717) is 0 Å². The van der Waals surface area contributed by atoms with Gasteiger partial charge in [0.2, 0.25) is 0 Å². The lowest BCUT2D eigenvalue weighted by atomic mass is 9.96. The first kappa shape index (κ1) is 11.6. The van der Waals surface area contributed by atoms with Gasteiger partial charge < -0.3 is 5.11 Å². The van der Waals surface area contributed by atoms with Crippen molar-refractivity contribution >= 4 is 27.3 Å². The molecule has 0 saturated heterocycles. The van der Waals surface area contributed by atoms with Crippen molar-refractivity contribution in [3.8, 4) is 0 Å². The van der Waals surface area contributed by atoms with Crippen molar-refractivity contribution in [3.63, 3.8) is 0 Å². The Labute approximate surface area is 104 Å². The molecule has 0 radical (unpaired) electrons. The second-order valence-corrected chi connectivity index (χ2v) is 7.10. The smallest absolute Gasteiger partial charge is 0.0803 e. The Bertz CT molecular complexity index is 328. The number of halogens is 1. The maximum atomic E-state index is 10.2. The summed E-state index contributed by atoms with van der Waals surface area (Å²) in [7, 11) is 0. The van der Waals surface area contributed by atoms with Crippen LogP contribution in [0.25, 0.3) is 0 Å². The monoisotopic (exact) mass is 288 g/mol. The second-order valence-electron chi connectivity index (χ2n) is 4.46. The molecule has 1 fully saturated rings. The lowest BCUT2D eigenvalue weighted by Crippen LogP contribution is -2.04. The highest BCUT2D eigenvalue weighted by molar-refractivity contribution is 9.11. The van der Waals surface area contributed by atoms with Crippen molar-refractivity contribution < 1.29 is 5.11 Å². The Balaban J connectivity index is 2.00. The van der Waals surface area contributed by atoms with Crippen LogP contribution in [0.15, 0.2) is 9.85 Å². The molecule has 0 bridgehead atoms. The van der Waals surface area contributed by atoms with Gasteiger partial charge in [-0.05, 0) is 46.8 Å². The van der Waals surface area contributed by atoms with E-state index in [4.69, 9.17) is 0 Å². The highest BCUT2D eigenvalue weighted by Crippen LogP contribution is 2.37. The summed E-state index contributed by atoms with van der Waals surface area (Å²) in [4.78, 5) is 1.24. The summed E-state index contributed by atoms with van der Waals surface area (Å²) in [6.07, 6.45) is 6.01. The van der Waals surface area contributed by atoms with Crippen molar-refractivity contribution in [1.82, 2.24) is 0 Å². The summed E-state index contributed by atoms with van der Waals surface area (Å²) >= 11 is 5.18. The number of aliphatic hydroxyl groups excluding tert-OH is 1. The third-order valence-electron chi connectivity index (χ3n) is 3.32. The van der Waals surface area contributed by atoms with E-state index in [9.17, 15) is 5.11 Å². The molecule has 1 unspecified atom stereocenters. The zero-order valence-corrected chi connectivity index (χ0v) is 11.4. The van der Waals surface area contributed by atoms with Crippen molar-refractivity contribution in [2.45, 2.75) is 45.1 Å². The van der Waals surface area contributed by atoms with E-state index in [0.717, 1.165) is 21.7 Å². The van der Waals surface area contributed by atoms with Gasteiger partial charge in [0.1, 0.15) is 0 Å². The Morgan fingerprint density at radius 1 is 1.53 bits per heavy atom. The zero-order valence-electron chi connectivity index (χ0n) is 9.00. The molecule has 1 aliphatic rings. The van der Waals surface area contributed by atoms with Crippen molar-refractivity contribution in [2.75, 3.05) is 0 Å². The molecule has 0 aromatic carbocycles. The Morgan fingerprint density at radius 2 is 2.20 bits per heavy atom. The first-order valence-electron chi connectivity index (χ1n) is 5.60. The highest BCUT2D eigenvalue weighted by atomic mass is 79.9. The molecule has 15 heavy (non-hydrogen) atoms. The standard InChI is InChI=1S/C12H17BrOS/c1-8-10(7-12(13)15-8)11(14)6-9-4-2-3-5-9/h7,9,11,14H,2-6H2,1H3. The predicted octanol–water partition coefficient (Wildman–Crippen LogP) is 4.43. The summed E-state index contributed by atoms with van der Waals surface area (Å²) in [6, 6.07) is 2.07. The SMILES string of the molecule is Cc1sc(Br)cc1C(O)CC1CCCC1. The lowest BCUT2D eigenvalue weighted by Gasteiger charge is -2.15. The third-order valence-corrected chi connectivity index (χ3v) is 4.89. The van der Waals surface area contributed by atoms with Gasteiger partial charge in [-0.25, -0.2) is 0 Å². The molecule has 1 aromatic rings. The maximum Gasteiger partial charge on any atom is 0.0803 e. The number of hydrogen-bond acceptors (Lipinski definition) is 2. The van der Waals surface area contributed by atoms with Crippen LogP contribution in [0.1, 0.15) is 48.6 Å². The highest BCUT2D eigenvalue weighted by Gasteiger charge is 2.21. The third kappa shape index (κ3) is 2.83. The summed E-state index contributed by atoms with van der Waals surface area (Å²) in [5, 5.41) is 10.2. The lowest BCUT2D eigenvalue weighted by molar-refractivity contribution is 0.144. The largest absolute Gasteiger partial charge is 0.388 e. The molecule has 0 spiro atoms. The molecule has 0 aliphatic heterocycles. The van der Waals surface area contributed by atoms with Gasteiger partial charge in [-0.2, -0.15) is 0 Å². The maximum absolute atomic E-state index is 10.2. The number of thiophene rings is 1. The van der Waals surface area contributed by atoms with E-state index >= 15 is 0 Å². The van der Waals surface area contributed by atoms with Gasteiger partial charge in [0, 0.05) is 4.88 Å². The molecule has 0 amide bonds. The molecule has 1 aliphatic carbocycles. The van der Waals surface area contributed by atoms with Crippen LogP contribution in [0, 0.1) is 12.8 Å². The predicted molar refractivity (Wildman–Crippen MR) is 68.3 cm³/mol. The van der Waals surface area contributed by atoms with Gasteiger partial charge >= 0.3 is 0 Å². The zero-order chi connectivity index (χ0) is 10.8. The van der Waals surface area contributed by atoms with Crippen LogP contribution in [0.2, 0.25) is 0 Å². The van der Waals surface area contributed by atoms with E-state index < -0.39 is 0 Å². The average Bonchev–Trinajstić information content (AvgIpc) is 2.75. The average molecular weight is 289 g/mol. The number of hydrogen-bond donors (Lipinski definition) is 1. The summed E-state index contributed by atoms with van der Waals surface area (Å²) < 4.78 is 1.13. The van der Waals surface area contributed by atoms with Gasteiger partial charge in [-0.15, -0.1) is 11.3 Å². The van der Waals surface area contributed by atoms with E-state index in [1.54, 1.807) is 11.3 Å². The molecule has 1 saturated carbocycles. The van der Waals surface area contributed by atoms with Gasteiger partial charge in [-0.1, -0.05) is 25.7 Å². The molecule has 84 valence electrons. The first-order chi connectivity index (χ1) is 7.16. The Morgan fingerprint density at radius 3 is 2.73 bits per heavy atom. The topological polar surface area (TPSA) is 20.2 Å². The minimum absolute atomic E-state index is 0.254. The van der Waals surface area contributed by atoms with Gasteiger partial charge in [-0.3, -0.25) is 0 Å². The second kappa shape index (κ2) is 4.98. The fourth-order valence-electron chi connectivity index (χ4n) is 2.48. The van der Waals surface area contributed by atoms with E-state index in [-0.39, 0.29) is 6.10 Å². The normalized spacial score (nSPS) is 19.7. The minimum atomic E-state index is -0.254. The van der Waals surface area contributed by atoms with Crippen LogP contribution in [0.4, 0.5) is 0 Å². The number of rotatable bonds is 3. The first-order valence-corrected chi connectivity index (χ1v) is 7.21. The molecule has 1 atom stereocenters. The molecular formula is C12H17BrOS. The van der Waals surface area contributed by atoms with Crippen LogP contribution in [-0.4, -0.2) is 5.11 Å². The van der Waals surface area contributed by atoms with Crippen LogP contribution in [0.3, 0.4) is 0 Å². The van der Waals surface area contributed by atoms with Crippen molar-refractivity contribution in [3.05, 3.63) is 20.3 Å². The molecule has 1 aromatic heterocycles. The molecular weight excluding hydrogens is 272 g/mol. The van der Waals surface area contributed by atoms with Crippen molar-refractivity contribution in [1.29, 1.82) is 0 Å². The Kier molecular flexibility index (Phi) is 3.86. The Hall–Kier alpha value is 0.140. The van der Waals surface area contributed by atoms with Crippen LogP contribution < -0.4 is 0 Å². The van der Waals surface area contributed by atoms with E-state index in [1.807, 2.05) is 0 Å². The van der Waals surface area contributed by atoms with Gasteiger partial charge in [0.25, 0.3) is 0 Å². The summed E-state index contributed by atoms with van der Waals surface area (Å²) in [5.74, 6) is 0.748. The molecule has 1 heterocycles. The fourth-order valence-corrected chi connectivity index (χ4v) is 4.24.